The Morgan fingerprint density at radius 3 is 3.06 bits per heavy atom. The Morgan fingerprint density at radius 2 is 2.33 bits per heavy atom. The molecule has 18 heavy (non-hydrogen) atoms. The van der Waals surface area contributed by atoms with Crippen molar-refractivity contribution in [1.82, 2.24) is 14.7 Å². The summed E-state index contributed by atoms with van der Waals surface area (Å²) in [4.78, 5) is 4.53. The van der Waals surface area contributed by atoms with Gasteiger partial charge in [0.15, 0.2) is 0 Å². The standard InChI is InChI=1S/C15H19N3/c1-4-8-13(5-2)16-11-14-12(3)17-15-9-6-7-10-18(14)15/h2,6-7,9-10,13,16H,4,8,11H2,1,3H3. The number of nitrogens with one attached hydrogen (secondary N) is 1. The zero-order chi connectivity index (χ0) is 13.0. The highest BCUT2D eigenvalue weighted by molar-refractivity contribution is 5.42. The van der Waals surface area contributed by atoms with Gasteiger partial charge in [-0.15, -0.1) is 6.42 Å². The number of rotatable bonds is 5. The third-order valence-corrected chi connectivity index (χ3v) is 3.12. The van der Waals surface area contributed by atoms with Gasteiger partial charge in [0.05, 0.1) is 17.4 Å². The molecule has 1 unspecified atom stereocenters. The number of imidazole rings is 1. The Bertz CT molecular complexity index is 563. The second-order valence-electron chi connectivity index (χ2n) is 4.46. The maximum absolute atomic E-state index is 5.51. The average Bonchev–Trinajstić information content (AvgIpc) is 2.70. The maximum atomic E-state index is 5.51. The molecule has 0 fully saturated rings. The lowest BCUT2D eigenvalue weighted by molar-refractivity contribution is 0.555. The van der Waals surface area contributed by atoms with E-state index in [-0.39, 0.29) is 6.04 Å². The Balaban J connectivity index is 2.17. The minimum Gasteiger partial charge on any atom is -0.302 e. The SMILES string of the molecule is C#CC(CCC)NCc1c(C)nc2ccccn12. The van der Waals surface area contributed by atoms with Gasteiger partial charge >= 0.3 is 0 Å². The second kappa shape index (κ2) is 5.70. The van der Waals surface area contributed by atoms with Crippen molar-refractivity contribution in [2.45, 2.75) is 39.3 Å². The summed E-state index contributed by atoms with van der Waals surface area (Å²) < 4.78 is 2.11. The molecule has 0 aromatic carbocycles. The van der Waals surface area contributed by atoms with E-state index in [2.05, 4.69) is 27.5 Å². The van der Waals surface area contributed by atoms with Gasteiger partial charge in [-0.1, -0.05) is 25.3 Å². The fraction of sp³-hybridized carbons (Fsp3) is 0.400. The number of nitrogens with zero attached hydrogens (tertiary/aromatic N) is 2. The first-order chi connectivity index (χ1) is 8.76. The van der Waals surface area contributed by atoms with Gasteiger partial charge in [-0.05, 0) is 25.5 Å². The Kier molecular flexibility index (Phi) is 4.01. The fourth-order valence-electron chi connectivity index (χ4n) is 2.13. The van der Waals surface area contributed by atoms with Crippen LogP contribution >= 0.6 is 0 Å². The van der Waals surface area contributed by atoms with Gasteiger partial charge in [-0.2, -0.15) is 0 Å². The lowest BCUT2D eigenvalue weighted by Gasteiger charge is -2.12. The molecule has 2 rings (SSSR count). The highest BCUT2D eigenvalue weighted by Crippen LogP contribution is 2.11. The number of hydrogen-bond donors (Lipinski definition) is 1. The minimum atomic E-state index is 0.142. The van der Waals surface area contributed by atoms with Gasteiger partial charge in [-0.3, -0.25) is 5.32 Å². The highest BCUT2D eigenvalue weighted by atomic mass is 15.0. The molecular formula is C15H19N3. The quantitative estimate of drug-likeness (QED) is 0.815. The fourth-order valence-corrected chi connectivity index (χ4v) is 2.13. The van der Waals surface area contributed by atoms with Crippen molar-refractivity contribution in [3.05, 3.63) is 35.8 Å². The van der Waals surface area contributed by atoms with Crippen LogP contribution in [0, 0.1) is 19.3 Å². The summed E-state index contributed by atoms with van der Waals surface area (Å²) in [6.45, 7) is 4.94. The Hall–Kier alpha value is -1.79. The predicted octanol–water partition coefficient (Wildman–Crippen LogP) is 2.53. The van der Waals surface area contributed by atoms with Crippen molar-refractivity contribution in [2.75, 3.05) is 0 Å². The molecule has 0 aliphatic carbocycles. The average molecular weight is 241 g/mol. The topological polar surface area (TPSA) is 29.3 Å². The van der Waals surface area contributed by atoms with Crippen LogP contribution in [0.4, 0.5) is 0 Å². The van der Waals surface area contributed by atoms with Gasteiger partial charge < -0.3 is 4.40 Å². The zero-order valence-electron chi connectivity index (χ0n) is 11.0. The number of aromatic nitrogens is 2. The molecule has 0 saturated heterocycles. The van der Waals surface area contributed by atoms with Gasteiger partial charge in [0.25, 0.3) is 0 Å². The number of aryl methyl sites for hydroxylation is 1. The van der Waals surface area contributed by atoms with E-state index in [1.54, 1.807) is 0 Å². The molecule has 2 aromatic heterocycles. The summed E-state index contributed by atoms with van der Waals surface area (Å²) in [6, 6.07) is 6.17. The van der Waals surface area contributed by atoms with Crippen molar-refractivity contribution in [3.63, 3.8) is 0 Å². The maximum Gasteiger partial charge on any atom is 0.137 e. The first-order valence-electron chi connectivity index (χ1n) is 6.38. The molecule has 0 spiro atoms. The van der Waals surface area contributed by atoms with Crippen molar-refractivity contribution >= 4 is 5.65 Å². The predicted molar refractivity (Wildman–Crippen MR) is 74.3 cm³/mol. The van der Waals surface area contributed by atoms with Crippen LogP contribution in [0.1, 0.15) is 31.2 Å². The van der Waals surface area contributed by atoms with E-state index >= 15 is 0 Å². The van der Waals surface area contributed by atoms with Crippen molar-refractivity contribution < 1.29 is 0 Å². The van der Waals surface area contributed by atoms with E-state index < -0.39 is 0 Å². The second-order valence-corrected chi connectivity index (χ2v) is 4.46. The molecule has 1 atom stereocenters. The van der Waals surface area contributed by atoms with Crippen molar-refractivity contribution in [2.24, 2.45) is 0 Å². The molecular weight excluding hydrogens is 222 g/mol. The third-order valence-electron chi connectivity index (χ3n) is 3.12. The first kappa shape index (κ1) is 12.7. The number of hydrogen-bond acceptors (Lipinski definition) is 2. The van der Waals surface area contributed by atoms with Crippen LogP contribution in [-0.4, -0.2) is 15.4 Å². The van der Waals surface area contributed by atoms with E-state index in [1.807, 2.05) is 31.3 Å². The summed E-state index contributed by atoms with van der Waals surface area (Å²) in [6.07, 6.45) is 9.65. The van der Waals surface area contributed by atoms with E-state index in [9.17, 15) is 0 Å². The summed E-state index contributed by atoms with van der Waals surface area (Å²) in [5.41, 5.74) is 3.22. The minimum absolute atomic E-state index is 0.142. The van der Waals surface area contributed by atoms with Crippen molar-refractivity contribution in [3.8, 4) is 12.3 Å². The van der Waals surface area contributed by atoms with Crippen LogP contribution < -0.4 is 5.32 Å². The molecule has 0 aliphatic heterocycles. The molecule has 3 nitrogen and oxygen atoms in total. The summed E-state index contributed by atoms with van der Waals surface area (Å²) >= 11 is 0. The van der Waals surface area contributed by atoms with Gasteiger partial charge in [0.1, 0.15) is 5.65 Å². The molecule has 0 bridgehead atoms. The Morgan fingerprint density at radius 1 is 1.50 bits per heavy atom. The largest absolute Gasteiger partial charge is 0.302 e. The molecule has 2 heterocycles. The zero-order valence-corrected chi connectivity index (χ0v) is 11.0. The first-order valence-corrected chi connectivity index (χ1v) is 6.38. The molecule has 0 radical (unpaired) electrons. The number of terminal acetylenes is 1. The summed E-state index contributed by atoms with van der Waals surface area (Å²) in [5, 5.41) is 3.41. The molecule has 3 heteroatoms. The van der Waals surface area contributed by atoms with Gasteiger partial charge in [-0.25, -0.2) is 4.98 Å². The van der Waals surface area contributed by atoms with E-state index in [4.69, 9.17) is 6.42 Å². The molecule has 1 N–H and O–H groups in total. The Labute approximate surface area is 108 Å². The van der Waals surface area contributed by atoms with Crippen LogP contribution in [0.3, 0.4) is 0 Å². The monoisotopic (exact) mass is 241 g/mol. The van der Waals surface area contributed by atoms with Crippen LogP contribution in [0.5, 0.6) is 0 Å². The van der Waals surface area contributed by atoms with Crippen LogP contribution in [0.25, 0.3) is 5.65 Å². The summed E-state index contributed by atoms with van der Waals surface area (Å²) in [5.74, 6) is 2.79. The molecule has 0 aliphatic rings. The van der Waals surface area contributed by atoms with Crippen LogP contribution in [-0.2, 0) is 6.54 Å². The third kappa shape index (κ3) is 2.55. The van der Waals surface area contributed by atoms with E-state index in [1.165, 1.54) is 5.69 Å². The smallest absolute Gasteiger partial charge is 0.137 e. The molecule has 94 valence electrons. The lowest BCUT2D eigenvalue weighted by atomic mass is 10.2. The van der Waals surface area contributed by atoms with Crippen LogP contribution in [0.15, 0.2) is 24.4 Å². The highest BCUT2D eigenvalue weighted by Gasteiger charge is 2.09. The van der Waals surface area contributed by atoms with Crippen LogP contribution in [0.2, 0.25) is 0 Å². The molecule has 0 saturated carbocycles. The summed E-state index contributed by atoms with van der Waals surface area (Å²) in [7, 11) is 0. The van der Waals surface area contributed by atoms with Gasteiger partial charge in [0, 0.05) is 12.7 Å². The number of fused-ring (bicyclic) bond motifs is 1. The normalized spacial score (nSPS) is 12.5. The molecule has 2 aromatic rings. The molecule has 0 amide bonds. The van der Waals surface area contributed by atoms with Gasteiger partial charge in [0.2, 0.25) is 0 Å². The lowest BCUT2D eigenvalue weighted by Crippen LogP contribution is -2.27. The number of pyridine rings is 1. The van der Waals surface area contributed by atoms with E-state index in [0.717, 1.165) is 30.7 Å². The van der Waals surface area contributed by atoms with Crippen molar-refractivity contribution in [1.29, 1.82) is 0 Å². The van der Waals surface area contributed by atoms with E-state index in [0.29, 0.717) is 0 Å².